The van der Waals surface area contributed by atoms with Crippen molar-refractivity contribution in [3.05, 3.63) is 0 Å². The van der Waals surface area contributed by atoms with E-state index in [9.17, 15) is 8.42 Å². The summed E-state index contributed by atoms with van der Waals surface area (Å²) in [5, 5.41) is 3.42. The summed E-state index contributed by atoms with van der Waals surface area (Å²) >= 11 is 0. The number of nitrogens with one attached hydrogen (secondary N) is 1. The maximum absolute atomic E-state index is 12.1. The molecule has 0 aromatic carbocycles. The van der Waals surface area contributed by atoms with Gasteiger partial charge in [0.25, 0.3) is 0 Å². The molecule has 19 heavy (non-hydrogen) atoms. The molecule has 0 aliphatic carbocycles. The molecule has 0 aromatic rings. The lowest BCUT2D eigenvalue weighted by atomic mass is 9.99. The molecular formula is C14H30N2O2S. The molecule has 1 unspecified atom stereocenters. The molecule has 1 N–H and O–H groups in total. The van der Waals surface area contributed by atoms with Crippen molar-refractivity contribution < 1.29 is 8.42 Å². The zero-order valence-electron chi connectivity index (χ0n) is 12.9. The molecule has 1 saturated heterocycles. The second kappa shape index (κ2) is 7.04. The normalized spacial score (nSPS) is 21.8. The van der Waals surface area contributed by atoms with Gasteiger partial charge in [0.2, 0.25) is 0 Å². The predicted octanol–water partition coefficient (Wildman–Crippen LogP) is 1.52. The number of rotatable bonds is 6. The van der Waals surface area contributed by atoms with Crippen LogP contribution in [-0.4, -0.2) is 56.5 Å². The number of sulfone groups is 1. The van der Waals surface area contributed by atoms with E-state index < -0.39 is 14.6 Å². The first-order chi connectivity index (χ1) is 8.76. The van der Waals surface area contributed by atoms with E-state index >= 15 is 0 Å². The Kier molecular flexibility index (Phi) is 6.27. The molecule has 0 radical (unpaired) electrons. The largest absolute Gasteiger partial charge is 0.316 e. The third-order valence-corrected chi connectivity index (χ3v) is 6.56. The summed E-state index contributed by atoms with van der Waals surface area (Å²) in [6, 6.07) is 0. The summed E-state index contributed by atoms with van der Waals surface area (Å²) in [6.07, 6.45) is 2.50. The lowest BCUT2D eigenvalue weighted by Crippen LogP contribution is -2.41. The first-order valence-corrected chi connectivity index (χ1v) is 9.07. The van der Waals surface area contributed by atoms with E-state index in [-0.39, 0.29) is 5.75 Å². The van der Waals surface area contributed by atoms with Gasteiger partial charge in [0, 0.05) is 13.1 Å². The van der Waals surface area contributed by atoms with Gasteiger partial charge in [0.1, 0.15) is 0 Å². The summed E-state index contributed by atoms with van der Waals surface area (Å²) in [4.78, 5) is 2.28. The Labute approximate surface area is 118 Å². The monoisotopic (exact) mass is 290 g/mol. The van der Waals surface area contributed by atoms with Crippen LogP contribution in [0.15, 0.2) is 0 Å². The SMILES string of the molecule is CCN(CCS(=O)(=O)C(C)(C)C)CC1CCCNC1. The zero-order chi connectivity index (χ0) is 14.5. The number of nitrogens with zero attached hydrogens (tertiary/aromatic N) is 1. The van der Waals surface area contributed by atoms with E-state index in [0.717, 1.165) is 26.2 Å². The van der Waals surface area contributed by atoms with Crippen molar-refractivity contribution in [2.45, 2.75) is 45.3 Å². The molecule has 1 atom stereocenters. The van der Waals surface area contributed by atoms with E-state index in [1.165, 1.54) is 12.8 Å². The highest BCUT2D eigenvalue weighted by molar-refractivity contribution is 7.92. The van der Waals surface area contributed by atoms with Crippen LogP contribution in [0.25, 0.3) is 0 Å². The van der Waals surface area contributed by atoms with Crippen molar-refractivity contribution in [1.29, 1.82) is 0 Å². The summed E-state index contributed by atoms with van der Waals surface area (Å²) in [5.41, 5.74) is 0. The van der Waals surface area contributed by atoms with Crippen molar-refractivity contribution in [1.82, 2.24) is 10.2 Å². The van der Waals surface area contributed by atoms with Gasteiger partial charge in [-0.05, 0) is 59.2 Å². The van der Waals surface area contributed by atoms with Crippen LogP contribution in [0.1, 0.15) is 40.5 Å². The highest BCUT2D eigenvalue weighted by Crippen LogP contribution is 2.17. The van der Waals surface area contributed by atoms with Crippen LogP contribution in [0.4, 0.5) is 0 Å². The lowest BCUT2D eigenvalue weighted by molar-refractivity contribution is 0.225. The van der Waals surface area contributed by atoms with Gasteiger partial charge in [-0.25, -0.2) is 8.42 Å². The Hall–Kier alpha value is -0.130. The molecular weight excluding hydrogens is 260 g/mol. The molecule has 1 aliphatic heterocycles. The third-order valence-electron chi connectivity index (χ3n) is 3.97. The topological polar surface area (TPSA) is 49.4 Å². The first-order valence-electron chi connectivity index (χ1n) is 7.41. The summed E-state index contributed by atoms with van der Waals surface area (Å²) in [7, 11) is -3.00. The highest BCUT2D eigenvalue weighted by atomic mass is 32.2. The summed E-state index contributed by atoms with van der Waals surface area (Å²) < 4.78 is 23.6. The van der Waals surface area contributed by atoms with Gasteiger partial charge in [-0.3, -0.25) is 0 Å². The predicted molar refractivity (Wildman–Crippen MR) is 81.2 cm³/mol. The number of hydrogen-bond acceptors (Lipinski definition) is 4. The van der Waals surface area contributed by atoms with Gasteiger partial charge in [-0.2, -0.15) is 0 Å². The average molecular weight is 290 g/mol. The Morgan fingerprint density at radius 1 is 1.32 bits per heavy atom. The Morgan fingerprint density at radius 2 is 2.00 bits per heavy atom. The molecule has 114 valence electrons. The fourth-order valence-electron chi connectivity index (χ4n) is 2.38. The first kappa shape index (κ1) is 16.9. The molecule has 4 nitrogen and oxygen atoms in total. The van der Waals surface area contributed by atoms with Gasteiger partial charge < -0.3 is 10.2 Å². The fourth-order valence-corrected chi connectivity index (χ4v) is 3.49. The lowest BCUT2D eigenvalue weighted by Gasteiger charge is -2.30. The highest BCUT2D eigenvalue weighted by Gasteiger charge is 2.29. The van der Waals surface area contributed by atoms with Gasteiger partial charge in [0.05, 0.1) is 10.5 Å². The van der Waals surface area contributed by atoms with Gasteiger partial charge in [0.15, 0.2) is 9.84 Å². The second-order valence-corrected chi connectivity index (χ2v) is 9.40. The van der Waals surface area contributed by atoms with Crippen LogP contribution in [0.5, 0.6) is 0 Å². The second-order valence-electron chi connectivity index (χ2n) is 6.54. The maximum atomic E-state index is 12.1. The summed E-state index contributed by atoms with van der Waals surface area (Å²) in [5.74, 6) is 0.941. The van der Waals surface area contributed by atoms with Crippen molar-refractivity contribution in [2.75, 3.05) is 38.5 Å². The van der Waals surface area contributed by atoms with E-state index in [2.05, 4.69) is 17.1 Å². The Morgan fingerprint density at radius 3 is 2.47 bits per heavy atom. The standard InChI is InChI=1S/C14H30N2O2S/c1-5-16(12-13-7-6-8-15-11-13)9-10-19(17,18)14(2,3)4/h13,15H,5-12H2,1-4H3. The molecule has 1 fully saturated rings. The summed E-state index contributed by atoms with van der Waals surface area (Å²) in [6.45, 7) is 12.3. The van der Waals surface area contributed by atoms with E-state index in [1.54, 1.807) is 20.8 Å². The van der Waals surface area contributed by atoms with Crippen molar-refractivity contribution in [3.8, 4) is 0 Å². The molecule has 0 saturated carbocycles. The maximum Gasteiger partial charge on any atom is 0.156 e. The average Bonchev–Trinajstić information content (AvgIpc) is 2.34. The van der Waals surface area contributed by atoms with Crippen LogP contribution in [0, 0.1) is 5.92 Å². The number of piperidine rings is 1. The van der Waals surface area contributed by atoms with Crippen LogP contribution in [0.3, 0.4) is 0 Å². The van der Waals surface area contributed by atoms with Crippen LogP contribution >= 0.6 is 0 Å². The quantitative estimate of drug-likeness (QED) is 0.806. The fraction of sp³-hybridized carbons (Fsp3) is 1.00. The van der Waals surface area contributed by atoms with Crippen molar-refractivity contribution >= 4 is 9.84 Å². The molecule has 0 aromatic heterocycles. The van der Waals surface area contributed by atoms with Crippen molar-refractivity contribution in [2.24, 2.45) is 5.92 Å². The smallest absolute Gasteiger partial charge is 0.156 e. The molecule has 0 bridgehead atoms. The van der Waals surface area contributed by atoms with Gasteiger partial charge in [-0.1, -0.05) is 6.92 Å². The van der Waals surface area contributed by atoms with E-state index in [0.29, 0.717) is 12.5 Å². The molecule has 1 aliphatic rings. The van der Waals surface area contributed by atoms with E-state index in [4.69, 9.17) is 0 Å². The minimum Gasteiger partial charge on any atom is -0.316 e. The Balaban J connectivity index is 2.44. The van der Waals surface area contributed by atoms with Crippen LogP contribution in [-0.2, 0) is 9.84 Å². The molecule has 5 heteroatoms. The minimum atomic E-state index is -3.00. The number of hydrogen-bond donors (Lipinski definition) is 1. The van der Waals surface area contributed by atoms with Gasteiger partial charge >= 0.3 is 0 Å². The molecule has 1 rings (SSSR count). The zero-order valence-corrected chi connectivity index (χ0v) is 13.7. The van der Waals surface area contributed by atoms with Crippen molar-refractivity contribution in [3.63, 3.8) is 0 Å². The van der Waals surface area contributed by atoms with E-state index in [1.807, 2.05) is 0 Å². The third kappa shape index (κ3) is 5.40. The molecule has 0 amide bonds. The van der Waals surface area contributed by atoms with Gasteiger partial charge in [-0.15, -0.1) is 0 Å². The Bertz CT molecular complexity index is 354. The van der Waals surface area contributed by atoms with Crippen LogP contribution < -0.4 is 5.32 Å². The molecule has 1 heterocycles. The molecule has 0 spiro atoms. The minimum absolute atomic E-state index is 0.268. The van der Waals surface area contributed by atoms with Crippen LogP contribution in [0.2, 0.25) is 0 Å².